The van der Waals surface area contributed by atoms with E-state index >= 15 is 4.79 Å². The molecule has 10 nitrogen and oxygen atoms in total. The van der Waals surface area contributed by atoms with Crippen molar-refractivity contribution in [1.82, 2.24) is 14.4 Å². The van der Waals surface area contributed by atoms with Gasteiger partial charge in [-0.15, -0.1) is 12.4 Å². The molecular formula is C41H47ClN4O6. The van der Waals surface area contributed by atoms with E-state index in [-0.39, 0.29) is 42.8 Å². The van der Waals surface area contributed by atoms with E-state index in [1.165, 1.54) is 11.1 Å². The lowest BCUT2D eigenvalue weighted by Gasteiger charge is -2.40. The Morgan fingerprint density at radius 3 is 2.42 bits per heavy atom. The number of halogens is 1. The van der Waals surface area contributed by atoms with E-state index in [0.717, 1.165) is 87.3 Å². The molecule has 8 rings (SSSR count). The second-order valence-electron chi connectivity index (χ2n) is 14.0. The summed E-state index contributed by atoms with van der Waals surface area (Å²) >= 11 is 0. The molecule has 4 aliphatic heterocycles. The lowest BCUT2D eigenvalue weighted by molar-refractivity contribution is 0.0193. The number of phenolic OH excluding ortho intramolecular Hbond substituents is 1. The maximum absolute atomic E-state index is 15.1. The first kappa shape index (κ1) is 35.9. The van der Waals surface area contributed by atoms with Crippen LogP contribution in [0.4, 0.5) is 5.69 Å². The van der Waals surface area contributed by atoms with Crippen LogP contribution in [0.5, 0.6) is 17.2 Å². The van der Waals surface area contributed by atoms with Gasteiger partial charge in [0.05, 0.1) is 24.3 Å². The number of ether oxygens (including phenoxy) is 3. The fraction of sp³-hybridized carbons (Fsp3) is 0.415. The van der Waals surface area contributed by atoms with Gasteiger partial charge in [-0.25, -0.2) is 0 Å². The summed E-state index contributed by atoms with van der Waals surface area (Å²) in [6.45, 7) is 7.92. The zero-order chi connectivity index (χ0) is 34.9. The highest BCUT2D eigenvalue weighted by Gasteiger charge is 2.36. The molecule has 2 amide bonds. The molecule has 0 aliphatic carbocycles. The maximum Gasteiger partial charge on any atom is 0.260 e. The van der Waals surface area contributed by atoms with Crippen molar-refractivity contribution >= 4 is 29.9 Å². The molecule has 0 bridgehead atoms. The van der Waals surface area contributed by atoms with Crippen LogP contribution in [0.2, 0.25) is 0 Å². The molecule has 1 saturated heterocycles. The van der Waals surface area contributed by atoms with E-state index in [4.69, 9.17) is 14.2 Å². The molecule has 1 fully saturated rings. The SMILES string of the molecule is CCCCN(C(=O)c1cc(-c2cc3c(cc2C(=O)N2Cc4ccccc4C[C@H]2CN2CCOCC2)OCO3)n2c1CCCC2)c1ccc(O)cc1.Cl. The van der Waals surface area contributed by atoms with E-state index in [1.807, 2.05) is 34.1 Å². The number of carbonyl (C=O) groups excluding carboxylic acids is 2. The molecule has 0 saturated carbocycles. The van der Waals surface area contributed by atoms with Gasteiger partial charge in [0.1, 0.15) is 5.75 Å². The van der Waals surface area contributed by atoms with Crippen molar-refractivity contribution in [2.75, 3.05) is 51.1 Å². The summed E-state index contributed by atoms with van der Waals surface area (Å²) in [6, 6.07) is 21.0. The zero-order valence-corrected chi connectivity index (χ0v) is 30.5. The normalized spacial score (nSPS) is 17.9. The minimum absolute atomic E-state index is 0. The number of amides is 2. The summed E-state index contributed by atoms with van der Waals surface area (Å²) in [4.78, 5) is 35.9. The summed E-state index contributed by atoms with van der Waals surface area (Å²) in [5.74, 6) is 1.20. The number of nitrogens with zero attached hydrogens (tertiary/aromatic N) is 4. The molecule has 5 heterocycles. The number of anilines is 1. The van der Waals surface area contributed by atoms with Crippen LogP contribution >= 0.6 is 12.4 Å². The topological polar surface area (TPSA) is 96.7 Å². The Hall–Kier alpha value is -4.51. The number of morpholine rings is 1. The number of unbranched alkanes of at least 4 members (excludes halogenated alkanes) is 1. The highest BCUT2D eigenvalue weighted by Crippen LogP contribution is 2.42. The molecule has 0 radical (unpaired) electrons. The van der Waals surface area contributed by atoms with Crippen molar-refractivity contribution < 1.29 is 28.9 Å². The van der Waals surface area contributed by atoms with E-state index in [1.54, 1.807) is 24.3 Å². The number of benzene rings is 3. The van der Waals surface area contributed by atoms with Gasteiger partial charge < -0.3 is 33.7 Å². The van der Waals surface area contributed by atoms with Gasteiger partial charge in [0.25, 0.3) is 11.8 Å². The lowest BCUT2D eigenvalue weighted by atomic mass is 9.92. The summed E-state index contributed by atoms with van der Waals surface area (Å²) in [6.07, 6.45) is 5.32. The molecule has 11 heteroatoms. The highest BCUT2D eigenvalue weighted by atomic mass is 35.5. The average molecular weight is 727 g/mol. The van der Waals surface area contributed by atoms with Gasteiger partial charge in [-0.2, -0.15) is 0 Å². The third-order valence-electron chi connectivity index (χ3n) is 10.8. The molecule has 0 unspecified atom stereocenters. The van der Waals surface area contributed by atoms with Gasteiger partial charge in [-0.1, -0.05) is 37.6 Å². The van der Waals surface area contributed by atoms with Crippen molar-refractivity contribution in [3.8, 4) is 28.5 Å². The molecule has 0 spiro atoms. The Labute approximate surface area is 311 Å². The van der Waals surface area contributed by atoms with Gasteiger partial charge in [0.2, 0.25) is 6.79 Å². The number of aromatic nitrogens is 1. The number of hydrogen-bond acceptors (Lipinski definition) is 7. The summed E-state index contributed by atoms with van der Waals surface area (Å²) in [5.41, 5.74) is 7.00. The Bertz CT molecular complexity index is 1920. The van der Waals surface area contributed by atoms with Crippen LogP contribution in [0.25, 0.3) is 11.3 Å². The fourth-order valence-electron chi connectivity index (χ4n) is 8.08. The number of phenols is 1. The minimum Gasteiger partial charge on any atom is -0.508 e. The average Bonchev–Trinajstić information content (AvgIpc) is 3.79. The third kappa shape index (κ3) is 6.99. The van der Waals surface area contributed by atoms with E-state index in [0.29, 0.717) is 48.9 Å². The Kier molecular flexibility index (Phi) is 10.8. The van der Waals surface area contributed by atoms with Crippen LogP contribution in [0.3, 0.4) is 0 Å². The highest BCUT2D eigenvalue weighted by molar-refractivity contribution is 6.09. The third-order valence-corrected chi connectivity index (χ3v) is 10.8. The van der Waals surface area contributed by atoms with Gasteiger partial charge in [-0.05, 0) is 85.7 Å². The molecule has 1 aromatic heterocycles. The molecule has 1 atom stereocenters. The predicted molar refractivity (Wildman–Crippen MR) is 202 cm³/mol. The fourth-order valence-corrected chi connectivity index (χ4v) is 8.08. The second kappa shape index (κ2) is 15.6. The molecule has 52 heavy (non-hydrogen) atoms. The quantitative estimate of drug-likeness (QED) is 0.205. The van der Waals surface area contributed by atoms with Gasteiger partial charge in [-0.3, -0.25) is 14.5 Å². The predicted octanol–water partition coefficient (Wildman–Crippen LogP) is 6.69. The van der Waals surface area contributed by atoms with Crippen molar-refractivity contribution in [3.63, 3.8) is 0 Å². The van der Waals surface area contributed by atoms with Crippen LogP contribution in [0.15, 0.2) is 66.7 Å². The van der Waals surface area contributed by atoms with Crippen molar-refractivity contribution in [2.45, 2.75) is 64.6 Å². The van der Waals surface area contributed by atoms with Crippen molar-refractivity contribution in [3.05, 3.63) is 94.7 Å². The minimum atomic E-state index is -0.0714. The van der Waals surface area contributed by atoms with E-state index < -0.39 is 0 Å². The Morgan fingerprint density at radius 1 is 0.904 bits per heavy atom. The number of aromatic hydroxyl groups is 1. The zero-order valence-electron chi connectivity index (χ0n) is 29.7. The lowest BCUT2D eigenvalue weighted by Crippen LogP contribution is -2.52. The smallest absolute Gasteiger partial charge is 0.260 e. The summed E-state index contributed by atoms with van der Waals surface area (Å²) < 4.78 is 19.6. The molecule has 3 aromatic carbocycles. The number of fused-ring (bicyclic) bond motifs is 3. The first-order valence-corrected chi connectivity index (χ1v) is 18.4. The molecule has 4 aromatic rings. The van der Waals surface area contributed by atoms with Crippen LogP contribution in [-0.2, 0) is 30.7 Å². The first-order valence-electron chi connectivity index (χ1n) is 18.4. The van der Waals surface area contributed by atoms with Crippen molar-refractivity contribution in [1.29, 1.82) is 0 Å². The second-order valence-corrected chi connectivity index (χ2v) is 14.0. The van der Waals surface area contributed by atoms with Crippen molar-refractivity contribution in [2.24, 2.45) is 0 Å². The van der Waals surface area contributed by atoms with Gasteiger partial charge in [0, 0.05) is 67.9 Å². The first-order chi connectivity index (χ1) is 25.0. The van der Waals surface area contributed by atoms with Crippen LogP contribution in [0, 0.1) is 0 Å². The largest absolute Gasteiger partial charge is 0.508 e. The Morgan fingerprint density at radius 2 is 1.65 bits per heavy atom. The maximum atomic E-state index is 15.1. The van der Waals surface area contributed by atoms with Crippen LogP contribution < -0.4 is 14.4 Å². The summed E-state index contributed by atoms with van der Waals surface area (Å²) in [7, 11) is 0. The summed E-state index contributed by atoms with van der Waals surface area (Å²) in [5, 5.41) is 9.97. The standard InChI is InChI=1S/C41H46N4O6.ClH/c1-2-3-15-43(30-11-13-32(46)14-12-30)41(48)35-22-37(44-16-7-6-10-36(35)44)33-23-38-39(51-27-50-38)24-34(33)40(47)45-25-29-9-5-4-8-28(29)21-31(45)26-42-17-19-49-20-18-42;/h4-5,8-9,11-14,22-24,31,46H,2-3,6-7,10,15-21,25-27H2,1H3;1H/t31-;/m0./s1. The molecule has 1 N–H and O–H groups in total. The molecule has 4 aliphatic rings. The number of carbonyl (C=O) groups is 2. The van der Waals surface area contributed by atoms with Gasteiger partial charge >= 0.3 is 0 Å². The van der Waals surface area contributed by atoms with E-state index in [9.17, 15) is 9.90 Å². The van der Waals surface area contributed by atoms with E-state index in [2.05, 4.69) is 34.6 Å². The van der Waals surface area contributed by atoms with Crippen LogP contribution in [0.1, 0.15) is 70.1 Å². The Balaban J connectivity index is 0.00000420. The number of hydrogen-bond donors (Lipinski definition) is 1. The van der Waals surface area contributed by atoms with Crippen LogP contribution in [-0.4, -0.2) is 83.5 Å². The molecular weight excluding hydrogens is 680 g/mol. The monoisotopic (exact) mass is 726 g/mol. The molecule has 274 valence electrons. The van der Waals surface area contributed by atoms with Gasteiger partial charge in [0.15, 0.2) is 11.5 Å². The number of rotatable bonds is 9.